The molecule has 29 heavy (non-hydrogen) atoms. The number of hydrogen-bond acceptors (Lipinski definition) is 5. The van der Waals surface area contributed by atoms with Crippen molar-refractivity contribution < 1.29 is 19.1 Å². The summed E-state index contributed by atoms with van der Waals surface area (Å²) in [6, 6.07) is 7.39. The van der Waals surface area contributed by atoms with Gasteiger partial charge in [-0.25, -0.2) is 9.59 Å². The quantitative estimate of drug-likeness (QED) is 0.773. The monoisotopic (exact) mass is 415 g/mol. The summed E-state index contributed by atoms with van der Waals surface area (Å²) in [4.78, 5) is 41.0. The number of ether oxygens (including phenoxy) is 1. The number of esters is 1. The SMILES string of the molecule is CCOC(=O)c1cc2cc(NC(=O)N3CCC[C@H](N4CCCC4=O)C3)ccc2s1. The van der Waals surface area contributed by atoms with Gasteiger partial charge in [0.2, 0.25) is 5.91 Å². The minimum Gasteiger partial charge on any atom is -0.462 e. The Morgan fingerprint density at radius 3 is 2.86 bits per heavy atom. The zero-order valence-corrected chi connectivity index (χ0v) is 17.3. The molecule has 2 fully saturated rings. The van der Waals surface area contributed by atoms with E-state index in [-0.39, 0.29) is 23.9 Å². The zero-order valence-electron chi connectivity index (χ0n) is 16.5. The predicted molar refractivity (Wildman–Crippen MR) is 112 cm³/mol. The lowest BCUT2D eigenvalue weighted by atomic mass is 10.0. The van der Waals surface area contributed by atoms with E-state index in [4.69, 9.17) is 4.74 Å². The van der Waals surface area contributed by atoms with Crippen LogP contribution in [0.25, 0.3) is 10.1 Å². The number of likely N-dealkylation sites (tertiary alicyclic amines) is 2. The van der Waals surface area contributed by atoms with Crippen molar-refractivity contribution in [1.29, 1.82) is 0 Å². The Labute approximate surface area is 173 Å². The van der Waals surface area contributed by atoms with Gasteiger partial charge in [-0.05, 0) is 55.8 Å². The number of piperidine rings is 1. The average Bonchev–Trinajstić information content (AvgIpc) is 3.34. The minimum absolute atomic E-state index is 0.121. The summed E-state index contributed by atoms with van der Waals surface area (Å²) in [6.07, 6.45) is 3.38. The van der Waals surface area contributed by atoms with Gasteiger partial charge < -0.3 is 19.9 Å². The largest absolute Gasteiger partial charge is 0.462 e. The number of anilines is 1. The molecule has 2 aliphatic rings. The number of fused-ring (bicyclic) bond motifs is 1. The molecule has 2 saturated heterocycles. The molecule has 4 rings (SSSR count). The second-order valence-corrected chi connectivity index (χ2v) is 8.53. The lowest BCUT2D eigenvalue weighted by Crippen LogP contribution is -2.51. The van der Waals surface area contributed by atoms with Gasteiger partial charge in [-0.1, -0.05) is 0 Å². The van der Waals surface area contributed by atoms with Gasteiger partial charge in [0.15, 0.2) is 0 Å². The molecule has 3 amide bonds. The molecular weight excluding hydrogens is 390 g/mol. The van der Waals surface area contributed by atoms with Crippen LogP contribution in [0.15, 0.2) is 24.3 Å². The van der Waals surface area contributed by atoms with Crippen molar-refractivity contribution in [3.8, 4) is 0 Å². The van der Waals surface area contributed by atoms with Crippen LogP contribution in [0.4, 0.5) is 10.5 Å². The van der Waals surface area contributed by atoms with Crippen LogP contribution < -0.4 is 5.32 Å². The van der Waals surface area contributed by atoms with Crippen molar-refractivity contribution in [3.05, 3.63) is 29.1 Å². The molecule has 0 spiro atoms. The molecule has 2 aromatic rings. The van der Waals surface area contributed by atoms with Crippen molar-refractivity contribution in [2.45, 2.75) is 38.6 Å². The number of nitrogens with zero attached hydrogens (tertiary/aromatic N) is 2. The highest BCUT2D eigenvalue weighted by atomic mass is 32.1. The van der Waals surface area contributed by atoms with Gasteiger partial charge in [0, 0.05) is 42.5 Å². The fraction of sp³-hybridized carbons (Fsp3) is 0.476. The number of amides is 3. The number of carbonyl (C=O) groups is 3. The first-order valence-corrected chi connectivity index (χ1v) is 10.9. The van der Waals surface area contributed by atoms with E-state index in [9.17, 15) is 14.4 Å². The molecule has 1 N–H and O–H groups in total. The van der Waals surface area contributed by atoms with Crippen molar-refractivity contribution >= 4 is 45.0 Å². The third-order valence-corrected chi connectivity index (χ3v) is 6.57. The number of thiophene rings is 1. The molecule has 0 saturated carbocycles. The van der Waals surface area contributed by atoms with Gasteiger partial charge >= 0.3 is 12.0 Å². The van der Waals surface area contributed by atoms with Crippen molar-refractivity contribution in [2.75, 3.05) is 31.6 Å². The van der Waals surface area contributed by atoms with Crippen LogP contribution in [-0.2, 0) is 9.53 Å². The van der Waals surface area contributed by atoms with Crippen molar-refractivity contribution in [3.63, 3.8) is 0 Å². The fourth-order valence-electron chi connectivity index (χ4n) is 4.08. The molecule has 1 atom stereocenters. The van der Waals surface area contributed by atoms with Crippen LogP contribution >= 0.6 is 11.3 Å². The summed E-state index contributed by atoms with van der Waals surface area (Å²) in [5.41, 5.74) is 0.690. The highest BCUT2D eigenvalue weighted by Crippen LogP contribution is 2.29. The lowest BCUT2D eigenvalue weighted by molar-refractivity contribution is -0.130. The molecule has 154 valence electrons. The Bertz CT molecular complexity index is 941. The molecular formula is C21H25N3O4S. The van der Waals surface area contributed by atoms with Crippen LogP contribution in [0.3, 0.4) is 0 Å². The highest BCUT2D eigenvalue weighted by molar-refractivity contribution is 7.20. The lowest BCUT2D eigenvalue weighted by Gasteiger charge is -2.37. The van der Waals surface area contributed by atoms with E-state index in [2.05, 4.69) is 5.32 Å². The van der Waals surface area contributed by atoms with Crippen LogP contribution in [0.2, 0.25) is 0 Å². The number of hydrogen-bond donors (Lipinski definition) is 1. The molecule has 0 unspecified atom stereocenters. The number of benzene rings is 1. The summed E-state index contributed by atoms with van der Waals surface area (Å²) >= 11 is 1.38. The minimum atomic E-state index is -0.324. The molecule has 0 aliphatic carbocycles. The molecule has 3 heterocycles. The Hall–Kier alpha value is -2.61. The van der Waals surface area contributed by atoms with E-state index in [1.165, 1.54) is 11.3 Å². The topological polar surface area (TPSA) is 79.0 Å². The summed E-state index contributed by atoms with van der Waals surface area (Å²) in [6.45, 7) is 4.19. The third-order valence-electron chi connectivity index (χ3n) is 5.48. The maximum atomic E-state index is 12.8. The van der Waals surface area contributed by atoms with Gasteiger partial charge in [-0.15, -0.1) is 11.3 Å². The number of nitrogens with one attached hydrogen (secondary N) is 1. The van der Waals surface area contributed by atoms with Crippen LogP contribution in [-0.4, -0.2) is 60.0 Å². The van der Waals surface area contributed by atoms with Crippen molar-refractivity contribution in [1.82, 2.24) is 9.80 Å². The number of carbonyl (C=O) groups excluding carboxylic acids is 3. The molecule has 0 radical (unpaired) electrons. The molecule has 0 bridgehead atoms. The van der Waals surface area contributed by atoms with Gasteiger partial charge in [0.25, 0.3) is 0 Å². The van der Waals surface area contributed by atoms with Crippen molar-refractivity contribution in [2.24, 2.45) is 0 Å². The van der Waals surface area contributed by atoms with Gasteiger partial charge in [-0.2, -0.15) is 0 Å². The summed E-state index contributed by atoms with van der Waals surface area (Å²) in [5.74, 6) is -0.118. The maximum Gasteiger partial charge on any atom is 0.348 e. The predicted octanol–water partition coefficient (Wildman–Crippen LogP) is 3.70. The zero-order chi connectivity index (χ0) is 20.4. The molecule has 1 aromatic carbocycles. The Balaban J connectivity index is 1.42. The normalized spacial score (nSPS) is 19.6. The standard InChI is InChI=1S/C21H25N3O4S/c1-2-28-20(26)18-12-14-11-15(7-8-17(14)29-18)22-21(27)23-9-3-5-16(13-23)24-10-4-6-19(24)25/h7-8,11-12,16H,2-6,9-10,13H2,1H3,(H,22,27)/t16-/m0/s1. The van der Waals surface area contributed by atoms with Crippen LogP contribution in [0.1, 0.15) is 42.3 Å². The molecule has 1 aromatic heterocycles. The number of rotatable bonds is 4. The van der Waals surface area contributed by atoms with Gasteiger partial charge in [0.05, 0.1) is 6.61 Å². The van der Waals surface area contributed by atoms with E-state index in [0.29, 0.717) is 36.7 Å². The molecule has 7 nitrogen and oxygen atoms in total. The molecule has 2 aliphatic heterocycles. The third kappa shape index (κ3) is 4.22. The van der Waals surface area contributed by atoms with Crippen LogP contribution in [0.5, 0.6) is 0 Å². The Morgan fingerprint density at radius 2 is 2.10 bits per heavy atom. The first-order valence-electron chi connectivity index (χ1n) is 10.1. The smallest absolute Gasteiger partial charge is 0.348 e. The average molecular weight is 416 g/mol. The first kappa shape index (κ1) is 19.7. The van der Waals surface area contributed by atoms with Gasteiger partial charge in [-0.3, -0.25) is 4.79 Å². The summed E-state index contributed by atoms with van der Waals surface area (Å²) in [5, 5.41) is 3.86. The van der Waals surface area contributed by atoms with E-state index in [0.717, 1.165) is 35.9 Å². The second-order valence-electron chi connectivity index (χ2n) is 7.45. The Morgan fingerprint density at radius 1 is 1.24 bits per heavy atom. The Kier molecular flexibility index (Phi) is 5.71. The maximum absolute atomic E-state index is 12.8. The van der Waals surface area contributed by atoms with Gasteiger partial charge in [0.1, 0.15) is 4.88 Å². The second kappa shape index (κ2) is 8.41. The van der Waals surface area contributed by atoms with E-state index < -0.39 is 0 Å². The van der Waals surface area contributed by atoms with E-state index in [1.54, 1.807) is 17.9 Å². The van der Waals surface area contributed by atoms with E-state index >= 15 is 0 Å². The highest BCUT2D eigenvalue weighted by Gasteiger charge is 2.32. The number of urea groups is 1. The van der Waals surface area contributed by atoms with Crippen LogP contribution in [0, 0.1) is 0 Å². The molecule has 8 heteroatoms. The summed E-state index contributed by atoms with van der Waals surface area (Å²) < 4.78 is 6.03. The first-order chi connectivity index (χ1) is 14.0. The van der Waals surface area contributed by atoms with E-state index in [1.807, 2.05) is 23.1 Å². The fourth-order valence-corrected chi connectivity index (χ4v) is 5.01. The summed E-state index contributed by atoms with van der Waals surface area (Å²) in [7, 11) is 0.